The van der Waals surface area contributed by atoms with Crippen molar-refractivity contribution in [1.29, 1.82) is 0 Å². The zero-order chi connectivity index (χ0) is 12.8. The molecule has 0 aromatic carbocycles. The van der Waals surface area contributed by atoms with E-state index in [4.69, 9.17) is 0 Å². The van der Waals surface area contributed by atoms with Crippen molar-refractivity contribution in [1.82, 2.24) is 9.80 Å². The Balaban J connectivity index is 2.33. The molecule has 0 saturated carbocycles. The van der Waals surface area contributed by atoms with Crippen LogP contribution in [-0.2, 0) is 14.4 Å². The standard InChI is InChI=1S/C11H18N2O4/c1-9(7-11(16)17)6-10(15)13-4-2-12(8-14)3-5-13/h8-9H,2-7H2,1H3,(H,16,17)/p-1/t9-/m1/s1. The van der Waals surface area contributed by atoms with Gasteiger partial charge in [-0.25, -0.2) is 0 Å². The van der Waals surface area contributed by atoms with Gasteiger partial charge in [-0.05, 0) is 12.3 Å². The maximum absolute atomic E-state index is 11.8. The van der Waals surface area contributed by atoms with Gasteiger partial charge in [-0.1, -0.05) is 6.92 Å². The Morgan fingerprint density at radius 1 is 1.24 bits per heavy atom. The maximum Gasteiger partial charge on any atom is 0.222 e. The third-order valence-electron chi connectivity index (χ3n) is 2.85. The molecule has 0 aromatic heterocycles. The SMILES string of the molecule is C[C@@H](CC(=O)[O-])CC(=O)N1CCN(C=O)CC1. The molecule has 2 amide bonds. The zero-order valence-electron chi connectivity index (χ0n) is 9.92. The first-order chi connectivity index (χ1) is 8.02. The van der Waals surface area contributed by atoms with Crippen LogP contribution >= 0.6 is 0 Å². The molecule has 1 atom stereocenters. The Bertz CT molecular complexity index is 298. The van der Waals surface area contributed by atoms with Crippen molar-refractivity contribution in [3.63, 3.8) is 0 Å². The minimum absolute atomic E-state index is 0.0516. The second-order valence-corrected chi connectivity index (χ2v) is 4.41. The summed E-state index contributed by atoms with van der Waals surface area (Å²) in [5, 5.41) is 10.4. The molecule has 1 saturated heterocycles. The number of carbonyl (C=O) groups is 3. The molecule has 96 valence electrons. The maximum atomic E-state index is 11.8. The van der Waals surface area contributed by atoms with Crippen LogP contribution < -0.4 is 5.11 Å². The van der Waals surface area contributed by atoms with Crippen molar-refractivity contribution >= 4 is 18.3 Å². The molecule has 1 heterocycles. The number of carbonyl (C=O) groups excluding carboxylic acids is 3. The van der Waals surface area contributed by atoms with Gasteiger partial charge in [-0.2, -0.15) is 0 Å². The van der Waals surface area contributed by atoms with Crippen LogP contribution in [0.5, 0.6) is 0 Å². The summed E-state index contributed by atoms with van der Waals surface area (Å²) >= 11 is 0. The Morgan fingerprint density at radius 3 is 2.29 bits per heavy atom. The summed E-state index contributed by atoms with van der Waals surface area (Å²) in [5.41, 5.74) is 0. The molecule has 1 rings (SSSR count). The Hall–Kier alpha value is -1.59. The average molecular weight is 241 g/mol. The van der Waals surface area contributed by atoms with Crippen molar-refractivity contribution in [2.24, 2.45) is 5.92 Å². The van der Waals surface area contributed by atoms with Crippen LogP contribution in [0.3, 0.4) is 0 Å². The number of carboxylic acid groups (broad SMARTS) is 1. The molecular weight excluding hydrogens is 224 g/mol. The number of nitrogens with zero attached hydrogens (tertiary/aromatic N) is 2. The second kappa shape index (κ2) is 6.22. The van der Waals surface area contributed by atoms with Crippen molar-refractivity contribution in [3.8, 4) is 0 Å². The summed E-state index contributed by atoms with van der Waals surface area (Å²) < 4.78 is 0. The number of piperazine rings is 1. The minimum Gasteiger partial charge on any atom is -0.550 e. The summed E-state index contributed by atoms with van der Waals surface area (Å²) in [6, 6.07) is 0. The predicted molar refractivity (Wildman–Crippen MR) is 57.6 cm³/mol. The molecule has 0 N–H and O–H groups in total. The summed E-state index contributed by atoms with van der Waals surface area (Å²) in [6.07, 6.45) is 0.898. The predicted octanol–water partition coefficient (Wildman–Crippen LogP) is -1.55. The molecule has 0 bridgehead atoms. The molecular formula is C11H17N2O4-. The van der Waals surface area contributed by atoms with Crippen molar-refractivity contribution in [3.05, 3.63) is 0 Å². The van der Waals surface area contributed by atoms with E-state index in [2.05, 4.69) is 0 Å². The van der Waals surface area contributed by atoms with E-state index in [1.165, 1.54) is 0 Å². The molecule has 1 aliphatic rings. The fourth-order valence-electron chi connectivity index (χ4n) is 1.86. The molecule has 1 fully saturated rings. The Kier molecular flexibility index (Phi) is 4.93. The van der Waals surface area contributed by atoms with Gasteiger partial charge in [0.25, 0.3) is 0 Å². The van der Waals surface area contributed by atoms with E-state index in [-0.39, 0.29) is 24.7 Å². The van der Waals surface area contributed by atoms with Gasteiger partial charge in [0.2, 0.25) is 12.3 Å². The van der Waals surface area contributed by atoms with Crippen LogP contribution in [0.2, 0.25) is 0 Å². The summed E-state index contributed by atoms with van der Waals surface area (Å²) in [5.74, 6) is -1.39. The normalized spacial score (nSPS) is 17.7. The summed E-state index contributed by atoms with van der Waals surface area (Å²) in [6.45, 7) is 3.86. The molecule has 0 aliphatic carbocycles. The highest BCUT2D eigenvalue weighted by Crippen LogP contribution is 2.10. The summed E-state index contributed by atoms with van der Waals surface area (Å²) in [7, 11) is 0. The first-order valence-electron chi connectivity index (χ1n) is 5.70. The summed E-state index contributed by atoms with van der Waals surface area (Å²) in [4.78, 5) is 35.9. The molecule has 6 nitrogen and oxygen atoms in total. The zero-order valence-corrected chi connectivity index (χ0v) is 9.92. The fraction of sp³-hybridized carbons (Fsp3) is 0.727. The van der Waals surface area contributed by atoms with Crippen molar-refractivity contribution in [2.75, 3.05) is 26.2 Å². The van der Waals surface area contributed by atoms with Gasteiger partial charge in [0, 0.05) is 38.6 Å². The van der Waals surface area contributed by atoms with Gasteiger partial charge in [-0.15, -0.1) is 0 Å². The first-order valence-corrected chi connectivity index (χ1v) is 5.70. The molecule has 6 heteroatoms. The van der Waals surface area contributed by atoms with Gasteiger partial charge in [0.1, 0.15) is 0 Å². The molecule has 0 aromatic rings. The molecule has 0 unspecified atom stereocenters. The Labute approximate surface area is 100 Å². The quantitative estimate of drug-likeness (QED) is 0.546. The second-order valence-electron chi connectivity index (χ2n) is 4.41. The van der Waals surface area contributed by atoms with Crippen LogP contribution in [0, 0.1) is 5.92 Å². The van der Waals surface area contributed by atoms with E-state index in [9.17, 15) is 19.5 Å². The molecule has 0 radical (unpaired) electrons. The topological polar surface area (TPSA) is 80.8 Å². The first kappa shape index (κ1) is 13.5. The van der Waals surface area contributed by atoms with Crippen LogP contribution in [0.4, 0.5) is 0 Å². The fourth-order valence-corrected chi connectivity index (χ4v) is 1.86. The highest BCUT2D eigenvalue weighted by atomic mass is 16.4. The van der Waals surface area contributed by atoms with Crippen molar-refractivity contribution < 1.29 is 19.5 Å². The number of hydrogen-bond acceptors (Lipinski definition) is 4. The monoisotopic (exact) mass is 241 g/mol. The van der Waals surface area contributed by atoms with Crippen LogP contribution in [0.15, 0.2) is 0 Å². The minimum atomic E-state index is -1.13. The van der Waals surface area contributed by atoms with E-state index in [1.807, 2.05) is 0 Å². The number of aliphatic carboxylic acids is 1. The van der Waals surface area contributed by atoms with Crippen LogP contribution in [0.1, 0.15) is 19.8 Å². The lowest BCUT2D eigenvalue weighted by Crippen LogP contribution is -2.48. The lowest BCUT2D eigenvalue weighted by Gasteiger charge is -2.33. The Morgan fingerprint density at radius 2 is 1.82 bits per heavy atom. The highest BCUT2D eigenvalue weighted by Gasteiger charge is 2.21. The largest absolute Gasteiger partial charge is 0.550 e. The highest BCUT2D eigenvalue weighted by molar-refractivity contribution is 5.77. The lowest BCUT2D eigenvalue weighted by atomic mass is 10.0. The van der Waals surface area contributed by atoms with E-state index in [0.717, 1.165) is 6.41 Å². The molecule has 17 heavy (non-hydrogen) atoms. The number of rotatable bonds is 5. The van der Waals surface area contributed by atoms with E-state index in [0.29, 0.717) is 26.2 Å². The van der Waals surface area contributed by atoms with Gasteiger partial charge >= 0.3 is 0 Å². The van der Waals surface area contributed by atoms with Gasteiger partial charge in [0.05, 0.1) is 0 Å². The molecule has 0 spiro atoms. The van der Waals surface area contributed by atoms with E-state index in [1.54, 1.807) is 16.7 Å². The van der Waals surface area contributed by atoms with Crippen LogP contribution in [0.25, 0.3) is 0 Å². The number of hydrogen-bond donors (Lipinski definition) is 0. The smallest absolute Gasteiger partial charge is 0.222 e. The lowest BCUT2D eigenvalue weighted by molar-refractivity contribution is -0.306. The van der Waals surface area contributed by atoms with Crippen molar-refractivity contribution in [2.45, 2.75) is 19.8 Å². The average Bonchev–Trinajstić information content (AvgIpc) is 2.28. The third-order valence-corrected chi connectivity index (χ3v) is 2.85. The van der Waals surface area contributed by atoms with Gasteiger partial charge in [0.15, 0.2) is 0 Å². The molecule has 1 aliphatic heterocycles. The van der Waals surface area contributed by atoms with Gasteiger partial charge in [-0.3, -0.25) is 9.59 Å². The van der Waals surface area contributed by atoms with Crippen LogP contribution in [-0.4, -0.2) is 54.3 Å². The third kappa shape index (κ3) is 4.42. The van der Waals surface area contributed by atoms with Gasteiger partial charge < -0.3 is 19.7 Å². The van der Waals surface area contributed by atoms with E-state index < -0.39 is 5.97 Å². The van der Waals surface area contributed by atoms with E-state index >= 15 is 0 Å². The number of carboxylic acids is 1. The number of amides is 2.